The molecule has 0 spiro atoms. The fourth-order valence-corrected chi connectivity index (χ4v) is 2.36. The molecular formula is C9H11BrN2S. The van der Waals surface area contributed by atoms with Gasteiger partial charge in [0.15, 0.2) is 0 Å². The maximum Gasteiger partial charge on any atom is 0.123 e. The van der Waals surface area contributed by atoms with Crippen molar-refractivity contribution in [3.8, 4) is 0 Å². The van der Waals surface area contributed by atoms with Crippen molar-refractivity contribution in [1.82, 2.24) is 0 Å². The van der Waals surface area contributed by atoms with Crippen molar-refractivity contribution in [2.45, 2.75) is 11.8 Å². The predicted molar refractivity (Wildman–Crippen MR) is 61.6 cm³/mol. The Bertz CT molecular complexity index is 325. The lowest BCUT2D eigenvalue weighted by molar-refractivity contribution is 1.32. The summed E-state index contributed by atoms with van der Waals surface area (Å²) in [5.41, 5.74) is 6.26. The van der Waals surface area contributed by atoms with Crippen LogP contribution in [0.15, 0.2) is 27.6 Å². The van der Waals surface area contributed by atoms with Crippen LogP contribution in [0.1, 0.15) is 12.5 Å². The van der Waals surface area contributed by atoms with Gasteiger partial charge in [-0.25, -0.2) is 0 Å². The Balaban J connectivity index is 3.10. The van der Waals surface area contributed by atoms with Crippen LogP contribution in [0.3, 0.4) is 0 Å². The van der Waals surface area contributed by atoms with E-state index in [-0.39, 0.29) is 5.84 Å². The van der Waals surface area contributed by atoms with E-state index in [0.29, 0.717) is 0 Å². The smallest absolute Gasteiger partial charge is 0.123 e. The van der Waals surface area contributed by atoms with Gasteiger partial charge in [-0.15, -0.1) is 11.8 Å². The van der Waals surface area contributed by atoms with Gasteiger partial charge in [0.05, 0.1) is 0 Å². The summed E-state index contributed by atoms with van der Waals surface area (Å²) >= 11 is 5.08. The van der Waals surface area contributed by atoms with Crippen LogP contribution in [0.5, 0.6) is 0 Å². The minimum atomic E-state index is 0.128. The van der Waals surface area contributed by atoms with Crippen molar-refractivity contribution < 1.29 is 0 Å². The van der Waals surface area contributed by atoms with Crippen LogP contribution in [-0.4, -0.2) is 11.6 Å². The first-order valence-corrected chi connectivity index (χ1v) is 5.69. The molecule has 0 amide bonds. The van der Waals surface area contributed by atoms with Crippen LogP contribution in [-0.2, 0) is 0 Å². The van der Waals surface area contributed by atoms with Gasteiger partial charge < -0.3 is 5.73 Å². The molecule has 1 aromatic carbocycles. The zero-order valence-corrected chi connectivity index (χ0v) is 9.71. The van der Waals surface area contributed by atoms with Crippen molar-refractivity contribution in [3.05, 3.63) is 28.2 Å². The first kappa shape index (κ1) is 10.6. The van der Waals surface area contributed by atoms with Crippen molar-refractivity contribution in [2.24, 2.45) is 5.73 Å². The topological polar surface area (TPSA) is 49.9 Å². The summed E-state index contributed by atoms with van der Waals surface area (Å²) in [4.78, 5) is 1.06. The molecule has 0 unspecified atom stereocenters. The van der Waals surface area contributed by atoms with E-state index < -0.39 is 0 Å². The molecule has 0 atom stereocenters. The van der Waals surface area contributed by atoms with Crippen LogP contribution >= 0.6 is 27.7 Å². The van der Waals surface area contributed by atoms with Crippen LogP contribution in [0.25, 0.3) is 0 Å². The number of nitrogen functional groups attached to an aromatic ring is 1. The van der Waals surface area contributed by atoms with Gasteiger partial charge in [-0.1, -0.05) is 22.9 Å². The first-order valence-electron chi connectivity index (χ1n) is 3.92. The van der Waals surface area contributed by atoms with Gasteiger partial charge in [0, 0.05) is 14.9 Å². The first-order chi connectivity index (χ1) is 6.15. The van der Waals surface area contributed by atoms with Crippen molar-refractivity contribution >= 4 is 33.5 Å². The third-order valence-electron chi connectivity index (χ3n) is 1.53. The molecule has 1 aromatic rings. The lowest BCUT2D eigenvalue weighted by atomic mass is 10.2. The number of benzene rings is 1. The molecule has 0 radical (unpaired) electrons. The van der Waals surface area contributed by atoms with Gasteiger partial charge in [-0.2, -0.15) is 0 Å². The summed E-state index contributed by atoms with van der Waals surface area (Å²) in [6.07, 6.45) is 0. The third kappa shape index (κ3) is 2.74. The number of halogens is 1. The Morgan fingerprint density at radius 2 is 2.31 bits per heavy atom. The van der Waals surface area contributed by atoms with Crippen molar-refractivity contribution in [3.63, 3.8) is 0 Å². The average molecular weight is 259 g/mol. The summed E-state index contributed by atoms with van der Waals surface area (Å²) in [5, 5.41) is 7.37. The number of thioether (sulfide) groups is 1. The summed E-state index contributed by atoms with van der Waals surface area (Å²) in [6, 6.07) is 5.76. The molecule has 4 heteroatoms. The van der Waals surface area contributed by atoms with E-state index in [1.165, 1.54) is 0 Å². The number of amidine groups is 1. The third-order valence-corrected chi connectivity index (χ3v) is 2.96. The van der Waals surface area contributed by atoms with E-state index in [1.54, 1.807) is 11.8 Å². The molecule has 70 valence electrons. The molecule has 0 fully saturated rings. The number of rotatable bonds is 3. The van der Waals surface area contributed by atoms with E-state index in [2.05, 4.69) is 22.9 Å². The maximum atomic E-state index is 7.37. The molecule has 0 bridgehead atoms. The highest BCUT2D eigenvalue weighted by molar-refractivity contribution is 9.10. The monoisotopic (exact) mass is 258 g/mol. The fraction of sp³-hybridized carbons (Fsp3) is 0.222. The van der Waals surface area contributed by atoms with E-state index in [4.69, 9.17) is 11.1 Å². The van der Waals surface area contributed by atoms with Gasteiger partial charge in [0.2, 0.25) is 0 Å². The lowest BCUT2D eigenvalue weighted by Crippen LogP contribution is -2.12. The molecular weight excluding hydrogens is 248 g/mol. The number of nitrogens with two attached hydrogens (primary N) is 1. The Kier molecular flexibility index (Phi) is 3.81. The van der Waals surface area contributed by atoms with E-state index in [1.807, 2.05) is 18.2 Å². The van der Waals surface area contributed by atoms with Gasteiger partial charge in [-0.3, -0.25) is 5.41 Å². The summed E-state index contributed by atoms with van der Waals surface area (Å²) in [5.74, 6) is 1.11. The Morgan fingerprint density at radius 1 is 1.62 bits per heavy atom. The van der Waals surface area contributed by atoms with Crippen LogP contribution in [0, 0.1) is 5.41 Å². The normalized spacial score (nSPS) is 10.0. The van der Waals surface area contributed by atoms with Crippen molar-refractivity contribution in [1.29, 1.82) is 5.41 Å². The van der Waals surface area contributed by atoms with Gasteiger partial charge in [0.1, 0.15) is 5.84 Å². The minimum Gasteiger partial charge on any atom is -0.384 e. The van der Waals surface area contributed by atoms with Gasteiger partial charge in [0.25, 0.3) is 0 Å². The molecule has 0 saturated carbocycles. The summed E-state index contributed by atoms with van der Waals surface area (Å²) < 4.78 is 1.02. The standard InChI is InChI=1S/C9H11BrN2S/c1-2-13-8-5-6(10)3-4-7(8)9(11)12/h3-5H,2H2,1H3,(H3,11,12). The Hall–Kier alpha value is -0.480. The van der Waals surface area contributed by atoms with E-state index >= 15 is 0 Å². The molecule has 0 heterocycles. The second kappa shape index (κ2) is 4.67. The number of hydrogen-bond donors (Lipinski definition) is 2. The molecule has 0 aromatic heterocycles. The average Bonchev–Trinajstić information content (AvgIpc) is 2.04. The predicted octanol–water partition coefficient (Wildman–Crippen LogP) is 2.85. The van der Waals surface area contributed by atoms with E-state index in [9.17, 15) is 0 Å². The molecule has 3 N–H and O–H groups in total. The molecule has 2 nitrogen and oxygen atoms in total. The molecule has 13 heavy (non-hydrogen) atoms. The van der Waals surface area contributed by atoms with Crippen LogP contribution in [0.2, 0.25) is 0 Å². The summed E-state index contributed by atoms with van der Waals surface area (Å²) in [7, 11) is 0. The van der Waals surface area contributed by atoms with Crippen LogP contribution < -0.4 is 5.73 Å². The zero-order chi connectivity index (χ0) is 9.84. The second-order valence-electron chi connectivity index (χ2n) is 2.49. The molecule has 1 rings (SSSR count). The highest BCUT2D eigenvalue weighted by Crippen LogP contribution is 2.25. The molecule has 0 aliphatic carbocycles. The van der Waals surface area contributed by atoms with Crippen molar-refractivity contribution in [2.75, 3.05) is 5.75 Å². The highest BCUT2D eigenvalue weighted by Gasteiger charge is 2.05. The van der Waals surface area contributed by atoms with Gasteiger partial charge in [-0.05, 0) is 24.0 Å². The quantitative estimate of drug-likeness (QED) is 0.498. The molecule has 0 aliphatic heterocycles. The Morgan fingerprint density at radius 3 is 2.85 bits per heavy atom. The molecule has 0 aliphatic rings. The SMILES string of the molecule is CCSc1cc(Br)ccc1C(=N)N. The highest BCUT2D eigenvalue weighted by atomic mass is 79.9. The lowest BCUT2D eigenvalue weighted by Gasteiger charge is -2.06. The second-order valence-corrected chi connectivity index (χ2v) is 4.71. The van der Waals surface area contributed by atoms with Gasteiger partial charge >= 0.3 is 0 Å². The Labute approximate surface area is 90.5 Å². The fourth-order valence-electron chi connectivity index (χ4n) is 0.994. The minimum absolute atomic E-state index is 0.128. The zero-order valence-electron chi connectivity index (χ0n) is 7.30. The largest absolute Gasteiger partial charge is 0.384 e. The molecule has 0 saturated heterocycles. The summed E-state index contributed by atoms with van der Waals surface area (Å²) in [6.45, 7) is 2.08. The number of hydrogen-bond acceptors (Lipinski definition) is 2. The van der Waals surface area contributed by atoms with E-state index in [0.717, 1.165) is 20.7 Å². The van der Waals surface area contributed by atoms with Crippen LogP contribution in [0.4, 0.5) is 0 Å². The maximum absolute atomic E-state index is 7.37. The number of nitrogens with one attached hydrogen (secondary N) is 1.